The Morgan fingerprint density at radius 1 is 1.32 bits per heavy atom. The predicted octanol–water partition coefficient (Wildman–Crippen LogP) is 2.24. The summed E-state index contributed by atoms with van der Waals surface area (Å²) in [4.78, 5) is 34.7. The van der Waals surface area contributed by atoms with Crippen LogP contribution in [0.25, 0.3) is 11.0 Å². The van der Waals surface area contributed by atoms with Crippen LogP contribution in [0.5, 0.6) is 5.75 Å². The monoisotopic (exact) mass is 347 g/mol. The number of carboxylic acids is 1. The molecule has 2 aromatic rings. The molecule has 1 aromatic heterocycles. The molecule has 7 heteroatoms. The second-order valence-corrected chi connectivity index (χ2v) is 5.85. The van der Waals surface area contributed by atoms with Crippen LogP contribution in [0, 0.1) is 6.92 Å². The molecular weight excluding hydrogens is 326 g/mol. The molecule has 0 spiro atoms. The van der Waals surface area contributed by atoms with Crippen molar-refractivity contribution >= 4 is 22.8 Å². The van der Waals surface area contributed by atoms with E-state index in [0.29, 0.717) is 24.2 Å². The lowest BCUT2D eigenvalue weighted by Gasteiger charge is -2.18. The number of nitrogens with one attached hydrogen (secondary N) is 1. The summed E-state index contributed by atoms with van der Waals surface area (Å²) >= 11 is 0. The van der Waals surface area contributed by atoms with Crippen LogP contribution in [0.3, 0.4) is 0 Å². The van der Waals surface area contributed by atoms with E-state index in [0.717, 1.165) is 10.9 Å². The Bertz CT molecular complexity index is 841. The molecule has 0 aliphatic heterocycles. The first-order chi connectivity index (χ1) is 11.8. The zero-order valence-corrected chi connectivity index (χ0v) is 14.4. The number of aliphatic carboxylic acids is 1. The van der Waals surface area contributed by atoms with Crippen LogP contribution < -0.4 is 15.7 Å². The van der Waals surface area contributed by atoms with Crippen molar-refractivity contribution < 1.29 is 23.8 Å². The Morgan fingerprint density at radius 2 is 2.04 bits per heavy atom. The summed E-state index contributed by atoms with van der Waals surface area (Å²) in [5.41, 5.74) is 0.689. The molecule has 0 bridgehead atoms. The van der Waals surface area contributed by atoms with Gasteiger partial charge in [-0.2, -0.15) is 0 Å². The first kappa shape index (κ1) is 18.5. The maximum atomic E-state index is 12.1. The highest BCUT2D eigenvalue weighted by Crippen LogP contribution is 2.23. The standard InChI is InChI=1S/C18H21NO6/c1-4-5-14(18(22)23)19-17(21)11(3)24-12-6-7-13-10(2)8-16(20)25-15(13)9-12/h6-9,11,14H,4-5H2,1-3H3,(H,19,21)(H,22,23). The average molecular weight is 347 g/mol. The molecule has 2 N–H and O–H groups in total. The van der Waals surface area contributed by atoms with Crippen molar-refractivity contribution in [1.29, 1.82) is 0 Å². The molecule has 1 heterocycles. The molecule has 1 aromatic carbocycles. The van der Waals surface area contributed by atoms with E-state index in [4.69, 9.17) is 14.3 Å². The fourth-order valence-corrected chi connectivity index (χ4v) is 2.47. The molecule has 134 valence electrons. The van der Waals surface area contributed by atoms with E-state index in [2.05, 4.69) is 5.32 Å². The minimum absolute atomic E-state index is 0.341. The summed E-state index contributed by atoms with van der Waals surface area (Å²) in [5, 5.41) is 12.3. The number of rotatable bonds is 7. The van der Waals surface area contributed by atoms with Gasteiger partial charge in [0, 0.05) is 17.5 Å². The Hall–Kier alpha value is -2.83. The number of amides is 1. The second-order valence-electron chi connectivity index (χ2n) is 5.85. The van der Waals surface area contributed by atoms with Crippen molar-refractivity contribution in [3.63, 3.8) is 0 Å². The number of carbonyl (C=O) groups excluding carboxylic acids is 1. The van der Waals surface area contributed by atoms with Crippen molar-refractivity contribution in [2.45, 2.75) is 45.8 Å². The Balaban J connectivity index is 2.13. The van der Waals surface area contributed by atoms with E-state index in [1.165, 1.54) is 19.1 Å². The number of ether oxygens (including phenoxy) is 1. The van der Waals surface area contributed by atoms with Gasteiger partial charge in [-0.25, -0.2) is 9.59 Å². The van der Waals surface area contributed by atoms with Gasteiger partial charge in [-0.05, 0) is 38.0 Å². The van der Waals surface area contributed by atoms with Crippen molar-refractivity contribution in [1.82, 2.24) is 5.32 Å². The van der Waals surface area contributed by atoms with E-state index in [1.807, 2.05) is 6.92 Å². The highest BCUT2D eigenvalue weighted by Gasteiger charge is 2.23. The fourth-order valence-electron chi connectivity index (χ4n) is 2.47. The summed E-state index contributed by atoms with van der Waals surface area (Å²) in [5.74, 6) is -1.25. The molecule has 0 aliphatic carbocycles. The third kappa shape index (κ3) is 4.59. The summed E-state index contributed by atoms with van der Waals surface area (Å²) in [6.07, 6.45) is 0.0803. The molecule has 0 saturated heterocycles. The van der Waals surface area contributed by atoms with E-state index in [9.17, 15) is 14.4 Å². The van der Waals surface area contributed by atoms with Gasteiger partial charge in [-0.15, -0.1) is 0 Å². The molecule has 1 amide bonds. The zero-order chi connectivity index (χ0) is 18.6. The number of benzene rings is 1. The van der Waals surface area contributed by atoms with E-state index in [1.54, 1.807) is 19.1 Å². The Labute approximate surface area is 144 Å². The second kappa shape index (κ2) is 7.83. The van der Waals surface area contributed by atoms with Crippen LogP contribution in [0.2, 0.25) is 0 Å². The largest absolute Gasteiger partial charge is 0.481 e. The van der Waals surface area contributed by atoms with Gasteiger partial charge in [0.25, 0.3) is 5.91 Å². The van der Waals surface area contributed by atoms with Gasteiger partial charge in [0.05, 0.1) is 0 Å². The average Bonchev–Trinajstić information content (AvgIpc) is 2.53. The Kier molecular flexibility index (Phi) is 5.80. The molecule has 2 rings (SSSR count). The molecule has 0 fully saturated rings. The lowest BCUT2D eigenvalue weighted by molar-refractivity contribution is -0.143. The SMILES string of the molecule is CCCC(NC(=O)C(C)Oc1ccc2c(C)cc(=O)oc2c1)C(=O)O. The van der Waals surface area contributed by atoms with Gasteiger partial charge >= 0.3 is 11.6 Å². The third-order valence-corrected chi connectivity index (χ3v) is 3.80. The first-order valence-corrected chi connectivity index (χ1v) is 8.06. The van der Waals surface area contributed by atoms with E-state index < -0.39 is 29.6 Å². The molecule has 2 unspecified atom stereocenters. The summed E-state index contributed by atoms with van der Waals surface area (Å²) in [7, 11) is 0. The van der Waals surface area contributed by atoms with E-state index in [-0.39, 0.29) is 0 Å². The number of aryl methyl sites for hydroxylation is 1. The number of carbonyl (C=O) groups is 2. The minimum atomic E-state index is -1.08. The molecule has 0 aliphatic rings. The lowest BCUT2D eigenvalue weighted by Crippen LogP contribution is -2.46. The van der Waals surface area contributed by atoms with Gasteiger partial charge in [-0.1, -0.05) is 13.3 Å². The summed E-state index contributed by atoms with van der Waals surface area (Å²) in [6, 6.07) is 5.40. The van der Waals surface area contributed by atoms with Crippen molar-refractivity contribution in [3.05, 3.63) is 40.2 Å². The van der Waals surface area contributed by atoms with Gasteiger partial charge in [-0.3, -0.25) is 4.79 Å². The number of carboxylic acid groups (broad SMARTS) is 1. The van der Waals surface area contributed by atoms with Crippen LogP contribution in [-0.2, 0) is 9.59 Å². The summed E-state index contributed by atoms with van der Waals surface area (Å²) in [6.45, 7) is 5.17. The van der Waals surface area contributed by atoms with Gasteiger partial charge < -0.3 is 19.6 Å². The Morgan fingerprint density at radius 3 is 2.68 bits per heavy atom. The van der Waals surface area contributed by atoms with Crippen LogP contribution in [-0.4, -0.2) is 29.1 Å². The quantitative estimate of drug-likeness (QED) is 0.744. The normalized spacial score (nSPS) is 13.2. The van der Waals surface area contributed by atoms with Crippen LogP contribution in [0.1, 0.15) is 32.3 Å². The van der Waals surface area contributed by atoms with Crippen molar-refractivity contribution in [2.24, 2.45) is 0 Å². The van der Waals surface area contributed by atoms with Crippen molar-refractivity contribution in [2.75, 3.05) is 0 Å². The van der Waals surface area contributed by atoms with Gasteiger partial charge in [0.2, 0.25) is 0 Å². The zero-order valence-electron chi connectivity index (χ0n) is 14.4. The van der Waals surface area contributed by atoms with Crippen LogP contribution in [0.4, 0.5) is 0 Å². The molecule has 2 atom stereocenters. The molecule has 0 radical (unpaired) electrons. The molecule has 0 saturated carbocycles. The lowest BCUT2D eigenvalue weighted by atomic mass is 10.1. The third-order valence-electron chi connectivity index (χ3n) is 3.80. The predicted molar refractivity (Wildman–Crippen MR) is 91.8 cm³/mol. The van der Waals surface area contributed by atoms with Crippen LogP contribution >= 0.6 is 0 Å². The number of hydrogen-bond acceptors (Lipinski definition) is 5. The van der Waals surface area contributed by atoms with Gasteiger partial charge in [0.15, 0.2) is 6.10 Å². The number of hydrogen-bond donors (Lipinski definition) is 2. The maximum Gasteiger partial charge on any atom is 0.336 e. The summed E-state index contributed by atoms with van der Waals surface area (Å²) < 4.78 is 10.7. The highest BCUT2D eigenvalue weighted by molar-refractivity contribution is 5.86. The number of fused-ring (bicyclic) bond motifs is 1. The highest BCUT2D eigenvalue weighted by atomic mass is 16.5. The van der Waals surface area contributed by atoms with E-state index >= 15 is 0 Å². The fraction of sp³-hybridized carbons (Fsp3) is 0.389. The maximum absolute atomic E-state index is 12.1. The molecule has 7 nitrogen and oxygen atoms in total. The van der Waals surface area contributed by atoms with Gasteiger partial charge in [0.1, 0.15) is 17.4 Å². The van der Waals surface area contributed by atoms with Crippen molar-refractivity contribution in [3.8, 4) is 5.75 Å². The topological polar surface area (TPSA) is 106 Å². The first-order valence-electron chi connectivity index (χ1n) is 8.06. The smallest absolute Gasteiger partial charge is 0.336 e. The molecule has 25 heavy (non-hydrogen) atoms. The molecular formula is C18H21NO6. The van der Waals surface area contributed by atoms with Crippen LogP contribution in [0.15, 0.2) is 33.5 Å². The minimum Gasteiger partial charge on any atom is -0.481 e.